The number of nitrogens with two attached hydrogens (primary N) is 1. The molecule has 0 saturated carbocycles. The molecule has 34 heavy (non-hydrogen) atoms. The molecule has 4 heterocycles. The van der Waals surface area contributed by atoms with Gasteiger partial charge in [0.25, 0.3) is 11.8 Å². The summed E-state index contributed by atoms with van der Waals surface area (Å²) >= 11 is 0. The number of carbonyl (C=O) groups is 2. The van der Waals surface area contributed by atoms with Gasteiger partial charge in [-0.25, -0.2) is 4.52 Å². The molecule has 0 unspecified atom stereocenters. The molecule has 2 amide bonds. The van der Waals surface area contributed by atoms with Crippen LogP contribution in [0, 0.1) is 12.8 Å². The third-order valence-corrected chi connectivity index (χ3v) is 6.53. The number of anilines is 1. The Morgan fingerprint density at radius 1 is 1.29 bits per heavy atom. The van der Waals surface area contributed by atoms with Crippen LogP contribution in [0.15, 0.2) is 36.8 Å². The van der Waals surface area contributed by atoms with Crippen molar-refractivity contribution in [2.75, 3.05) is 18.4 Å². The number of carbonyl (C=O) groups excluding carboxylic acids is 2. The number of hydrogen-bond acceptors (Lipinski definition) is 6. The van der Waals surface area contributed by atoms with E-state index in [-0.39, 0.29) is 17.9 Å². The van der Waals surface area contributed by atoms with Crippen LogP contribution in [0.3, 0.4) is 0 Å². The van der Waals surface area contributed by atoms with E-state index in [1.54, 1.807) is 15.6 Å². The van der Waals surface area contributed by atoms with Crippen molar-refractivity contribution in [2.24, 2.45) is 11.7 Å². The summed E-state index contributed by atoms with van der Waals surface area (Å²) < 4.78 is 1.74. The zero-order valence-electron chi connectivity index (χ0n) is 20.1. The molecular formula is C25H32N6O3. The van der Waals surface area contributed by atoms with Gasteiger partial charge < -0.3 is 21.1 Å². The van der Waals surface area contributed by atoms with Crippen LogP contribution >= 0.6 is 0 Å². The van der Waals surface area contributed by atoms with E-state index >= 15 is 0 Å². The smallest absolute Gasteiger partial charge is 0.253 e. The fourth-order valence-electron chi connectivity index (χ4n) is 4.67. The molecule has 0 bridgehead atoms. The summed E-state index contributed by atoms with van der Waals surface area (Å²) in [4.78, 5) is 30.9. The average molecular weight is 465 g/mol. The summed E-state index contributed by atoms with van der Waals surface area (Å²) in [7, 11) is 0. The SMILES string of the molecule is CC[C@@H]1CN(C(=O)C(C)(C)O)CC[C@H]1Nc1c(C(N)=O)cnn2cc(-c3ccnc(C)c3)cc12. The Morgan fingerprint density at radius 2 is 2.06 bits per heavy atom. The van der Waals surface area contributed by atoms with Crippen molar-refractivity contribution in [3.63, 3.8) is 0 Å². The van der Waals surface area contributed by atoms with Crippen molar-refractivity contribution in [1.29, 1.82) is 0 Å². The number of aromatic nitrogens is 3. The quantitative estimate of drug-likeness (QED) is 0.515. The molecule has 2 atom stereocenters. The molecule has 9 heteroatoms. The lowest BCUT2D eigenvalue weighted by Crippen LogP contribution is -2.53. The largest absolute Gasteiger partial charge is 0.381 e. The Bertz CT molecular complexity index is 1230. The topological polar surface area (TPSA) is 126 Å². The molecule has 3 aromatic heterocycles. The second-order valence-electron chi connectivity index (χ2n) is 9.56. The van der Waals surface area contributed by atoms with Crippen LogP contribution in [-0.4, -0.2) is 61.2 Å². The van der Waals surface area contributed by atoms with Crippen molar-refractivity contribution < 1.29 is 14.7 Å². The Morgan fingerprint density at radius 3 is 2.71 bits per heavy atom. The van der Waals surface area contributed by atoms with Crippen LogP contribution in [0.2, 0.25) is 0 Å². The Labute approximate surface area is 199 Å². The van der Waals surface area contributed by atoms with Crippen LogP contribution in [0.25, 0.3) is 16.6 Å². The molecule has 3 aromatic rings. The van der Waals surface area contributed by atoms with Crippen molar-refractivity contribution >= 4 is 23.0 Å². The number of aliphatic hydroxyl groups is 1. The predicted molar refractivity (Wildman–Crippen MR) is 130 cm³/mol. The second kappa shape index (κ2) is 9.06. The number of nitrogens with zero attached hydrogens (tertiary/aromatic N) is 4. The summed E-state index contributed by atoms with van der Waals surface area (Å²) in [5.74, 6) is -0.675. The predicted octanol–water partition coefficient (Wildman–Crippen LogP) is 2.61. The Balaban J connectivity index is 1.68. The maximum Gasteiger partial charge on any atom is 0.253 e. The van der Waals surface area contributed by atoms with E-state index in [2.05, 4.69) is 22.3 Å². The maximum absolute atomic E-state index is 12.6. The Hall–Kier alpha value is -3.46. The molecule has 9 nitrogen and oxygen atoms in total. The molecule has 0 aliphatic carbocycles. The monoisotopic (exact) mass is 464 g/mol. The number of fused-ring (bicyclic) bond motifs is 1. The minimum Gasteiger partial charge on any atom is -0.381 e. The third-order valence-electron chi connectivity index (χ3n) is 6.53. The van der Waals surface area contributed by atoms with Crippen LogP contribution in [0.1, 0.15) is 49.7 Å². The van der Waals surface area contributed by atoms with Crippen LogP contribution in [0.5, 0.6) is 0 Å². The van der Waals surface area contributed by atoms with E-state index in [0.717, 1.165) is 28.8 Å². The number of hydrogen-bond donors (Lipinski definition) is 3. The molecule has 180 valence electrons. The molecule has 1 aliphatic rings. The van der Waals surface area contributed by atoms with Crippen LogP contribution in [0.4, 0.5) is 5.69 Å². The van der Waals surface area contributed by atoms with Gasteiger partial charge in [0.15, 0.2) is 0 Å². The first-order valence-electron chi connectivity index (χ1n) is 11.6. The number of amides is 2. The van der Waals surface area contributed by atoms with Gasteiger partial charge in [0.05, 0.1) is 23.0 Å². The molecule has 0 spiro atoms. The highest BCUT2D eigenvalue weighted by atomic mass is 16.3. The molecule has 4 N–H and O–H groups in total. The maximum atomic E-state index is 12.6. The van der Waals surface area contributed by atoms with Gasteiger partial charge in [0.2, 0.25) is 0 Å². The average Bonchev–Trinajstić information content (AvgIpc) is 3.23. The number of rotatable bonds is 6. The van der Waals surface area contributed by atoms with E-state index in [1.807, 2.05) is 31.3 Å². The lowest BCUT2D eigenvalue weighted by Gasteiger charge is -2.41. The normalized spacial score (nSPS) is 18.8. The van der Waals surface area contributed by atoms with Gasteiger partial charge in [0.1, 0.15) is 5.60 Å². The highest BCUT2D eigenvalue weighted by Gasteiger charge is 2.36. The highest BCUT2D eigenvalue weighted by molar-refractivity contribution is 6.02. The van der Waals surface area contributed by atoms with Gasteiger partial charge in [-0.1, -0.05) is 6.92 Å². The molecule has 1 saturated heterocycles. The molecule has 4 rings (SSSR count). The first-order valence-corrected chi connectivity index (χ1v) is 11.6. The van der Waals surface area contributed by atoms with Crippen LogP contribution in [-0.2, 0) is 4.79 Å². The number of piperidine rings is 1. The molecule has 1 fully saturated rings. The fraction of sp³-hybridized carbons (Fsp3) is 0.440. The first kappa shape index (κ1) is 23.7. The van der Waals surface area contributed by atoms with Crippen molar-refractivity contribution in [3.8, 4) is 11.1 Å². The van der Waals surface area contributed by atoms with Crippen molar-refractivity contribution in [1.82, 2.24) is 19.5 Å². The minimum atomic E-state index is -1.40. The van der Waals surface area contributed by atoms with Gasteiger partial charge in [-0.05, 0) is 63.3 Å². The van der Waals surface area contributed by atoms with Gasteiger partial charge in [-0.3, -0.25) is 14.6 Å². The molecule has 0 aromatic carbocycles. The van der Waals surface area contributed by atoms with Gasteiger partial charge in [-0.2, -0.15) is 5.10 Å². The number of nitrogens with one attached hydrogen (secondary N) is 1. The van der Waals surface area contributed by atoms with E-state index < -0.39 is 11.5 Å². The summed E-state index contributed by atoms with van der Waals surface area (Å²) in [6.45, 7) is 8.11. The van der Waals surface area contributed by atoms with Crippen molar-refractivity contribution in [2.45, 2.75) is 52.2 Å². The fourth-order valence-corrected chi connectivity index (χ4v) is 4.67. The number of likely N-dealkylation sites (tertiary alicyclic amines) is 1. The highest BCUT2D eigenvalue weighted by Crippen LogP contribution is 2.32. The third kappa shape index (κ3) is 4.61. The number of aryl methyl sites for hydroxylation is 1. The zero-order chi connectivity index (χ0) is 24.6. The number of primary amides is 1. The lowest BCUT2D eigenvalue weighted by molar-refractivity contribution is -0.149. The van der Waals surface area contributed by atoms with Gasteiger partial charge >= 0.3 is 0 Å². The van der Waals surface area contributed by atoms with Gasteiger partial charge in [0, 0.05) is 42.8 Å². The number of pyridine rings is 1. The van der Waals surface area contributed by atoms with E-state index in [9.17, 15) is 14.7 Å². The van der Waals surface area contributed by atoms with E-state index in [4.69, 9.17) is 5.73 Å². The molecule has 0 radical (unpaired) electrons. The molecule has 1 aliphatic heterocycles. The summed E-state index contributed by atoms with van der Waals surface area (Å²) in [6, 6.07) is 5.96. The van der Waals surface area contributed by atoms with E-state index in [1.165, 1.54) is 20.0 Å². The summed E-state index contributed by atoms with van der Waals surface area (Å²) in [5, 5.41) is 18.1. The first-order chi connectivity index (χ1) is 16.1. The summed E-state index contributed by atoms with van der Waals surface area (Å²) in [5.41, 5.74) is 8.91. The lowest BCUT2D eigenvalue weighted by atomic mass is 9.88. The molecular weight excluding hydrogens is 432 g/mol. The Kier molecular flexibility index (Phi) is 6.31. The van der Waals surface area contributed by atoms with Gasteiger partial charge in [-0.15, -0.1) is 0 Å². The van der Waals surface area contributed by atoms with Crippen molar-refractivity contribution in [3.05, 3.63) is 48.0 Å². The standard InChI is InChI=1S/C25H32N6O3/c1-5-16-13-30(24(33)25(3,4)34)9-7-20(16)29-22-19(23(26)32)12-28-31-14-18(11-21(22)31)17-6-8-27-15(2)10-17/h6,8,10-12,14,16,20,29,34H,5,7,9,13H2,1-4H3,(H2,26,32)/t16-,20-/m1/s1. The summed E-state index contributed by atoms with van der Waals surface area (Å²) in [6.07, 6.45) is 6.70. The second-order valence-corrected chi connectivity index (χ2v) is 9.56. The van der Waals surface area contributed by atoms with Crippen LogP contribution < -0.4 is 11.1 Å². The minimum absolute atomic E-state index is 0.0293. The zero-order valence-corrected chi connectivity index (χ0v) is 20.1. The van der Waals surface area contributed by atoms with E-state index in [0.29, 0.717) is 30.8 Å².